The summed E-state index contributed by atoms with van der Waals surface area (Å²) in [6.45, 7) is 7.72. The van der Waals surface area contributed by atoms with E-state index in [-0.39, 0.29) is 31.4 Å². The highest BCUT2D eigenvalue weighted by Crippen LogP contribution is 2.54. The number of halogens is 3. The van der Waals surface area contributed by atoms with E-state index >= 15 is 0 Å². The van der Waals surface area contributed by atoms with Crippen LogP contribution in [0, 0.1) is 18.2 Å². The van der Waals surface area contributed by atoms with Gasteiger partial charge in [0.2, 0.25) is 5.92 Å². The molecule has 36 heavy (non-hydrogen) atoms. The number of rotatable bonds is 4. The molecule has 1 spiro atoms. The van der Waals surface area contributed by atoms with E-state index in [2.05, 4.69) is 10.2 Å². The molecular weight excluding hydrogens is 467 g/mol. The van der Waals surface area contributed by atoms with Crippen molar-refractivity contribution in [1.82, 2.24) is 4.57 Å². The molecule has 1 saturated heterocycles. The van der Waals surface area contributed by atoms with Gasteiger partial charge in [-0.1, -0.05) is 19.9 Å². The molecular formula is C28H36F3N3O2. The van der Waals surface area contributed by atoms with Gasteiger partial charge >= 0.3 is 0 Å². The lowest BCUT2D eigenvalue weighted by atomic mass is 9.92. The van der Waals surface area contributed by atoms with E-state index in [9.17, 15) is 22.8 Å². The molecule has 1 N–H and O–H groups in total. The fourth-order valence-corrected chi connectivity index (χ4v) is 5.42. The Morgan fingerprint density at radius 2 is 1.64 bits per heavy atom. The van der Waals surface area contributed by atoms with Gasteiger partial charge in [-0.3, -0.25) is 9.59 Å². The van der Waals surface area contributed by atoms with E-state index in [1.165, 1.54) is 12.8 Å². The van der Waals surface area contributed by atoms with Crippen molar-refractivity contribution in [3.05, 3.63) is 57.8 Å². The van der Waals surface area contributed by atoms with E-state index in [4.69, 9.17) is 0 Å². The molecule has 5 rings (SSSR count). The number of pyridine rings is 1. The van der Waals surface area contributed by atoms with Crippen molar-refractivity contribution in [2.75, 3.05) is 23.3 Å². The zero-order chi connectivity index (χ0) is 26.1. The number of aromatic nitrogens is 1. The van der Waals surface area contributed by atoms with Crippen molar-refractivity contribution in [1.29, 1.82) is 0 Å². The molecule has 2 aliphatic carbocycles. The molecule has 0 unspecified atom stereocenters. The number of anilines is 2. The summed E-state index contributed by atoms with van der Waals surface area (Å²) in [6, 6.07) is 6.04. The van der Waals surface area contributed by atoms with Crippen LogP contribution < -0.4 is 15.8 Å². The maximum atomic E-state index is 14.4. The topological polar surface area (TPSA) is 54.3 Å². The highest BCUT2D eigenvalue weighted by molar-refractivity contribution is 6.08. The molecule has 1 aromatic heterocycles. The van der Waals surface area contributed by atoms with Crippen LogP contribution in [0.4, 0.5) is 24.5 Å². The van der Waals surface area contributed by atoms with Crippen LogP contribution in [0.2, 0.25) is 0 Å². The summed E-state index contributed by atoms with van der Waals surface area (Å²) in [5, 5.41) is 2.60. The van der Waals surface area contributed by atoms with Crippen molar-refractivity contribution in [3.8, 4) is 0 Å². The van der Waals surface area contributed by atoms with Gasteiger partial charge < -0.3 is 14.8 Å². The smallest absolute Gasteiger partial charge is 0.274 e. The Kier molecular flexibility index (Phi) is 7.53. The number of benzene rings is 1. The molecule has 196 valence electrons. The average Bonchev–Trinajstić information content (AvgIpc) is 3.61. The Bertz CT molecular complexity index is 1150. The lowest BCUT2D eigenvalue weighted by Crippen LogP contribution is -2.36. The highest BCUT2D eigenvalue weighted by Gasteiger charge is 2.44. The first-order valence-corrected chi connectivity index (χ1v) is 13.1. The van der Waals surface area contributed by atoms with Crippen molar-refractivity contribution < 1.29 is 18.0 Å². The Morgan fingerprint density at radius 1 is 1.00 bits per heavy atom. The van der Waals surface area contributed by atoms with Crippen LogP contribution in [-0.2, 0) is 0 Å². The summed E-state index contributed by atoms with van der Waals surface area (Å²) < 4.78 is 42.7. The van der Waals surface area contributed by atoms with Crippen LogP contribution >= 0.6 is 0 Å². The Hall–Kier alpha value is -2.77. The molecule has 8 heteroatoms. The summed E-state index contributed by atoms with van der Waals surface area (Å²) in [7, 11) is 0. The average molecular weight is 504 g/mol. The van der Waals surface area contributed by atoms with Crippen LogP contribution in [0.3, 0.4) is 0 Å². The van der Waals surface area contributed by atoms with Crippen LogP contribution in [-0.4, -0.2) is 29.5 Å². The number of nitrogens with one attached hydrogen (secondary N) is 1. The fraction of sp³-hybridized carbons (Fsp3) is 0.571. The first kappa shape index (κ1) is 26.3. The summed E-state index contributed by atoms with van der Waals surface area (Å²) in [5.74, 6) is -3.92. The molecule has 1 aromatic carbocycles. The van der Waals surface area contributed by atoms with E-state index in [0.717, 1.165) is 54.0 Å². The number of piperidine rings is 1. The van der Waals surface area contributed by atoms with Crippen molar-refractivity contribution >= 4 is 17.3 Å². The number of nitrogens with zero attached hydrogens (tertiary/aromatic N) is 2. The predicted octanol–water partition coefficient (Wildman–Crippen LogP) is 6.71. The van der Waals surface area contributed by atoms with E-state index < -0.39 is 29.2 Å². The molecule has 0 radical (unpaired) electrons. The molecule has 2 saturated carbocycles. The van der Waals surface area contributed by atoms with E-state index in [1.54, 1.807) is 6.07 Å². The Morgan fingerprint density at radius 3 is 2.25 bits per heavy atom. The molecule has 2 aromatic rings. The monoisotopic (exact) mass is 503 g/mol. The van der Waals surface area contributed by atoms with Gasteiger partial charge in [0.05, 0.1) is 5.56 Å². The number of aryl methyl sites for hydroxylation is 1. The molecule has 1 amide bonds. The number of amides is 1. The van der Waals surface area contributed by atoms with Crippen molar-refractivity contribution in [2.24, 2.45) is 5.41 Å². The molecule has 3 aliphatic rings. The number of alkyl halides is 2. The fourth-order valence-electron chi connectivity index (χ4n) is 5.42. The molecule has 0 bridgehead atoms. The van der Waals surface area contributed by atoms with Crippen LogP contribution in [0.1, 0.15) is 87.2 Å². The maximum absolute atomic E-state index is 14.4. The normalized spacial score (nSPS) is 20.4. The number of hydrogen-bond donors (Lipinski definition) is 1. The van der Waals surface area contributed by atoms with Gasteiger partial charge in [0, 0.05) is 49.9 Å². The van der Waals surface area contributed by atoms with Crippen molar-refractivity contribution in [3.63, 3.8) is 0 Å². The molecule has 1 aliphatic heterocycles. The summed E-state index contributed by atoms with van der Waals surface area (Å²) in [4.78, 5) is 28.5. The highest BCUT2D eigenvalue weighted by atomic mass is 19.3. The van der Waals surface area contributed by atoms with Crippen molar-refractivity contribution in [2.45, 2.75) is 84.1 Å². The van der Waals surface area contributed by atoms with Gasteiger partial charge in [0.25, 0.3) is 11.5 Å². The molecule has 0 atom stereocenters. The second-order valence-electron chi connectivity index (χ2n) is 10.3. The third kappa shape index (κ3) is 5.62. The van der Waals surface area contributed by atoms with Crippen LogP contribution in [0.5, 0.6) is 0 Å². The largest absolute Gasteiger partial charge is 0.371 e. The van der Waals surface area contributed by atoms with E-state index in [0.29, 0.717) is 11.0 Å². The molecule has 5 nitrogen and oxygen atoms in total. The van der Waals surface area contributed by atoms with Gasteiger partial charge in [-0.25, -0.2) is 13.2 Å². The third-order valence-electron chi connectivity index (χ3n) is 7.86. The van der Waals surface area contributed by atoms with Crippen LogP contribution in [0.25, 0.3) is 0 Å². The second-order valence-corrected chi connectivity index (χ2v) is 10.3. The van der Waals surface area contributed by atoms with Crippen LogP contribution in [0.15, 0.2) is 35.3 Å². The maximum Gasteiger partial charge on any atom is 0.274 e. The van der Waals surface area contributed by atoms with Gasteiger partial charge in [-0.05, 0) is 68.6 Å². The molecule has 3 fully saturated rings. The zero-order valence-corrected chi connectivity index (χ0v) is 21.4. The third-order valence-corrected chi connectivity index (χ3v) is 7.86. The minimum absolute atomic E-state index is 0.0856. The summed E-state index contributed by atoms with van der Waals surface area (Å²) in [6.07, 6.45) is 5.32. The quantitative estimate of drug-likeness (QED) is 0.505. The Labute approximate surface area is 210 Å². The summed E-state index contributed by atoms with van der Waals surface area (Å²) in [5.41, 5.74) is 2.03. The van der Waals surface area contributed by atoms with Gasteiger partial charge in [-0.2, -0.15) is 0 Å². The second kappa shape index (κ2) is 10.3. The van der Waals surface area contributed by atoms with E-state index in [1.807, 2.05) is 32.9 Å². The van der Waals surface area contributed by atoms with Gasteiger partial charge in [0.15, 0.2) is 0 Å². The molecule has 2 heterocycles. The number of carbonyl (C=O) groups excluding carboxylic acids is 1. The Balaban J connectivity index is 0.00000148. The van der Waals surface area contributed by atoms with Gasteiger partial charge in [0.1, 0.15) is 11.5 Å². The summed E-state index contributed by atoms with van der Waals surface area (Å²) >= 11 is 0. The SMILES string of the molecule is CC.Cc1ccc(C(=O)Nc2cc(F)cn(C3CCC(F)(F)CC3)c2=O)c(N2CCC3(CC2)CC3)c1. The number of hydrogen-bond acceptors (Lipinski definition) is 3. The predicted molar refractivity (Wildman–Crippen MR) is 137 cm³/mol. The first-order chi connectivity index (χ1) is 17.1. The minimum atomic E-state index is -2.75. The number of carbonyl (C=O) groups is 1. The lowest BCUT2D eigenvalue weighted by Gasteiger charge is -2.35. The zero-order valence-electron chi connectivity index (χ0n) is 21.4. The minimum Gasteiger partial charge on any atom is -0.371 e. The first-order valence-electron chi connectivity index (χ1n) is 13.1. The van der Waals surface area contributed by atoms with Gasteiger partial charge in [-0.15, -0.1) is 0 Å². The lowest BCUT2D eigenvalue weighted by molar-refractivity contribution is -0.0442. The standard InChI is InChI=1S/C26H30F3N3O2.C2H6/c1-17-2-3-20(22(14-17)31-12-10-25(8-9-25)11-13-31)23(33)30-21-15-18(27)16-32(24(21)34)19-4-6-26(28,29)7-5-19;1-2/h2-3,14-16,19H,4-13H2,1H3,(H,30,33);1-2H3.